The fourth-order valence-electron chi connectivity index (χ4n) is 12.7. The topological polar surface area (TPSA) is 8.17 Å². The van der Waals surface area contributed by atoms with Crippen molar-refractivity contribution in [3.63, 3.8) is 0 Å². The van der Waals surface area contributed by atoms with Gasteiger partial charge in [-0.3, -0.25) is 0 Å². The van der Waals surface area contributed by atoms with E-state index < -0.39 is 0 Å². The highest BCUT2D eigenvalue weighted by molar-refractivity contribution is 6.12. The van der Waals surface area contributed by atoms with Crippen LogP contribution in [0.5, 0.6) is 0 Å². The molecule has 2 aliphatic carbocycles. The summed E-state index contributed by atoms with van der Waals surface area (Å²) >= 11 is 0. The summed E-state index contributed by atoms with van der Waals surface area (Å²) in [5.74, 6) is 0. The number of hydrogen-bond donors (Lipinski definition) is 0. The van der Waals surface area contributed by atoms with E-state index in [-0.39, 0.29) is 5.41 Å². The third-order valence-electron chi connectivity index (χ3n) is 16.1. The molecule has 13 aromatic rings. The van der Waals surface area contributed by atoms with Gasteiger partial charge in [-0.05, 0) is 174 Å². The minimum absolute atomic E-state index is 0.377. The SMILES string of the molecule is Cc1ccc(N(c2ccc(-c3ccc4c(c3)C3(c5ccccc5-c5ccccc53)c3ccccc3-4)cc2)c2ccc(-c3ccc4c(c3)c3cc(-c5cccc6ccccc56)ccc3n4-c3ccccc3)cc2)cc1. The minimum Gasteiger partial charge on any atom is -0.311 e. The molecule has 2 aliphatic rings. The predicted molar refractivity (Wildman–Crippen MR) is 310 cm³/mol. The molecule has 0 amide bonds. The van der Waals surface area contributed by atoms with Gasteiger partial charge in [0.25, 0.3) is 0 Å². The van der Waals surface area contributed by atoms with Crippen LogP contribution < -0.4 is 4.90 Å². The van der Waals surface area contributed by atoms with Crippen LogP contribution in [0.1, 0.15) is 27.8 Å². The van der Waals surface area contributed by atoms with Crippen LogP contribution in [0.25, 0.3) is 93.9 Å². The van der Waals surface area contributed by atoms with Gasteiger partial charge >= 0.3 is 0 Å². The number of aryl methyl sites for hydroxylation is 1. The van der Waals surface area contributed by atoms with E-state index >= 15 is 0 Å². The smallest absolute Gasteiger partial charge is 0.0725 e. The van der Waals surface area contributed by atoms with E-state index in [4.69, 9.17) is 0 Å². The monoisotopic (exact) mass is 940 g/mol. The maximum absolute atomic E-state index is 2.47. The summed E-state index contributed by atoms with van der Waals surface area (Å²) in [7, 11) is 0. The molecule has 0 atom stereocenters. The fourth-order valence-corrected chi connectivity index (χ4v) is 12.7. The molecule has 0 saturated heterocycles. The zero-order valence-corrected chi connectivity index (χ0v) is 40.9. The highest BCUT2D eigenvalue weighted by atomic mass is 15.1. The Morgan fingerprint density at radius 1 is 0.297 bits per heavy atom. The Hall–Kier alpha value is -9.50. The number of nitrogens with zero attached hydrogens (tertiary/aromatic N) is 2. The number of aromatic nitrogens is 1. The first-order valence-electron chi connectivity index (χ1n) is 25.7. The standard InChI is InChI=1S/C72H48N2/c1-47-26-35-55(36-27-47)73(57-39-30-49(31-40-57)52-32-41-63-62-21-9-12-25-68(62)72(69(63)46-52)66-23-10-7-19-60(66)61-20-8-11-24-67(61)72)56-37-28-48(29-38-56)51-33-42-70-64(44-51)65-45-53(59-22-13-15-50-14-5-6-18-58(50)59)34-43-71(65)74(70)54-16-3-2-4-17-54/h2-46H,1H3. The molecule has 15 rings (SSSR count). The number of fused-ring (bicyclic) bond motifs is 14. The molecular formula is C72H48N2. The largest absolute Gasteiger partial charge is 0.311 e. The number of rotatable bonds is 7. The average molecular weight is 941 g/mol. The van der Waals surface area contributed by atoms with Gasteiger partial charge in [-0.25, -0.2) is 0 Å². The van der Waals surface area contributed by atoms with Gasteiger partial charge in [-0.2, -0.15) is 0 Å². The van der Waals surface area contributed by atoms with Crippen molar-refractivity contribution in [3.05, 3.63) is 301 Å². The molecule has 0 saturated carbocycles. The number of hydrogen-bond acceptors (Lipinski definition) is 1. The lowest BCUT2D eigenvalue weighted by Gasteiger charge is -2.30. The van der Waals surface area contributed by atoms with Gasteiger partial charge < -0.3 is 9.47 Å². The molecule has 0 bridgehead atoms. The molecular weight excluding hydrogens is 893 g/mol. The van der Waals surface area contributed by atoms with Crippen molar-refractivity contribution >= 4 is 49.6 Å². The first kappa shape index (κ1) is 42.2. The van der Waals surface area contributed by atoms with Gasteiger partial charge in [0.1, 0.15) is 0 Å². The van der Waals surface area contributed by atoms with Crippen LogP contribution in [0.2, 0.25) is 0 Å². The van der Waals surface area contributed by atoms with E-state index in [0.29, 0.717) is 0 Å². The van der Waals surface area contributed by atoms with Gasteiger partial charge in [-0.15, -0.1) is 0 Å². The van der Waals surface area contributed by atoms with E-state index in [9.17, 15) is 0 Å². The van der Waals surface area contributed by atoms with Crippen LogP contribution in [-0.4, -0.2) is 4.57 Å². The Bertz CT molecular complexity index is 4280. The molecule has 0 radical (unpaired) electrons. The maximum atomic E-state index is 2.47. The molecule has 1 heterocycles. The van der Waals surface area contributed by atoms with E-state index in [1.165, 1.54) is 116 Å². The van der Waals surface area contributed by atoms with Crippen molar-refractivity contribution < 1.29 is 0 Å². The Morgan fingerprint density at radius 2 is 0.730 bits per heavy atom. The van der Waals surface area contributed by atoms with Crippen LogP contribution in [0.4, 0.5) is 17.1 Å². The van der Waals surface area contributed by atoms with E-state index in [0.717, 1.165) is 22.7 Å². The van der Waals surface area contributed by atoms with E-state index in [1.54, 1.807) is 0 Å². The second-order valence-electron chi connectivity index (χ2n) is 20.1. The predicted octanol–water partition coefficient (Wildman–Crippen LogP) is 19.1. The maximum Gasteiger partial charge on any atom is 0.0725 e. The Kier molecular flexibility index (Phi) is 9.43. The van der Waals surface area contributed by atoms with E-state index in [2.05, 4.69) is 289 Å². The Balaban J connectivity index is 0.806. The van der Waals surface area contributed by atoms with Crippen molar-refractivity contribution in [3.8, 4) is 61.3 Å². The highest BCUT2D eigenvalue weighted by Gasteiger charge is 2.51. The molecule has 0 aliphatic heterocycles. The lowest BCUT2D eigenvalue weighted by Crippen LogP contribution is -2.25. The van der Waals surface area contributed by atoms with Gasteiger partial charge in [-0.1, -0.05) is 200 Å². The highest BCUT2D eigenvalue weighted by Crippen LogP contribution is 2.63. The van der Waals surface area contributed by atoms with Gasteiger partial charge in [0, 0.05) is 33.5 Å². The Labute approximate surface area is 431 Å². The lowest BCUT2D eigenvalue weighted by molar-refractivity contribution is 0.794. The molecule has 0 fully saturated rings. The van der Waals surface area contributed by atoms with Crippen molar-refractivity contribution in [1.82, 2.24) is 4.57 Å². The number of anilines is 3. The zero-order valence-electron chi connectivity index (χ0n) is 40.9. The van der Waals surface area contributed by atoms with Crippen LogP contribution >= 0.6 is 0 Å². The quantitative estimate of drug-likeness (QED) is 0.155. The number of para-hydroxylation sites is 1. The summed E-state index contributed by atoms with van der Waals surface area (Å²) in [6.07, 6.45) is 0. The normalized spacial score (nSPS) is 12.8. The van der Waals surface area contributed by atoms with E-state index in [1.807, 2.05) is 0 Å². The third kappa shape index (κ3) is 6.31. The van der Waals surface area contributed by atoms with Crippen LogP contribution in [-0.2, 0) is 5.41 Å². The van der Waals surface area contributed by atoms with Crippen molar-refractivity contribution in [2.75, 3.05) is 4.90 Å². The Morgan fingerprint density at radius 3 is 1.34 bits per heavy atom. The summed E-state index contributed by atoms with van der Waals surface area (Å²) in [4.78, 5) is 2.37. The molecule has 1 spiro atoms. The van der Waals surface area contributed by atoms with Crippen LogP contribution in [0.3, 0.4) is 0 Å². The lowest BCUT2D eigenvalue weighted by atomic mass is 9.70. The van der Waals surface area contributed by atoms with Gasteiger partial charge in [0.05, 0.1) is 16.4 Å². The fraction of sp³-hybridized carbons (Fsp3) is 0.0278. The molecule has 1 aromatic heterocycles. The van der Waals surface area contributed by atoms with Crippen molar-refractivity contribution in [2.45, 2.75) is 12.3 Å². The first-order valence-corrected chi connectivity index (χ1v) is 25.7. The average Bonchev–Trinajstić information content (AvgIpc) is 4.20. The third-order valence-corrected chi connectivity index (χ3v) is 16.1. The van der Waals surface area contributed by atoms with Crippen LogP contribution in [0.15, 0.2) is 273 Å². The molecule has 2 nitrogen and oxygen atoms in total. The second kappa shape index (κ2) is 16.5. The molecule has 0 unspecified atom stereocenters. The molecule has 2 heteroatoms. The van der Waals surface area contributed by atoms with Gasteiger partial charge in [0.15, 0.2) is 0 Å². The second-order valence-corrected chi connectivity index (χ2v) is 20.1. The zero-order chi connectivity index (χ0) is 48.9. The van der Waals surface area contributed by atoms with Crippen molar-refractivity contribution in [1.29, 1.82) is 0 Å². The molecule has 12 aromatic carbocycles. The minimum atomic E-state index is -0.377. The molecule has 346 valence electrons. The summed E-state index contributed by atoms with van der Waals surface area (Å²) in [6.45, 7) is 2.15. The molecule has 74 heavy (non-hydrogen) atoms. The molecule has 0 N–H and O–H groups in total. The summed E-state index contributed by atoms with van der Waals surface area (Å²) in [5, 5.41) is 4.98. The first-order chi connectivity index (χ1) is 36.6. The van der Waals surface area contributed by atoms with Crippen LogP contribution in [0, 0.1) is 6.92 Å². The summed E-state index contributed by atoms with van der Waals surface area (Å²) in [5.41, 5.74) is 25.6. The summed E-state index contributed by atoms with van der Waals surface area (Å²) < 4.78 is 2.41. The summed E-state index contributed by atoms with van der Waals surface area (Å²) in [6, 6.07) is 101. The van der Waals surface area contributed by atoms with Gasteiger partial charge in [0.2, 0.25) is 0 Å². The van der Waals surface area contributed by atoms with Crippen molar-refractivity contribution in [2.24, 2.45) is 0 Å². The number of benzene rings is 12.